The number of ketones is 1. The minimum atomic E-state index is -0.724. The minimum Gasteiger partial charge on any atom is -0.497 e. The summed E-state index contributed by atoms with van der Waals surface area (Å²) in [6.07, 6.45) is 0. The molecule has 2 aromatic rings. The highest BCUT2D eigenvalue weighted by Gasteiger charge is 2.22. The Bertz CT molecular complexity index is 567. The molecule has 1 atom stereocenters. The average molecular weight is 257 g/mol. The molecular weight excluding hydrogens is 246 g/mol. The van der Waals surface area contributed by atoms with Crippen LogP contribution in [-0.2, 0) is 0 Å². The van der Waals surface area contributed by atoms with E-state index in [2.05, 4.69) is 6.07 Å². The van der Waals surface area contributed by atoms with Crippen molar-refractivity contribution in [2.24, 2.45) is 0 Å². The molecule has 90 valence electrons. The second kappa shape index (κ2) is 5.48. The average Bonchev–Trinajstić information content (AvgIpc) is 2.93. The number of nitrogens with zero attached hydrogens (tertiary/aromatic N) is 1. The standard InChI is InChI=1S/C14H11NO2S/c1-17-11-6-4-10(5-7-11)14(16)12(9-15)13-3-2-8-18-13/h2-8,12H,1H3. The Labute approximate surface area is 109 Å². The summed E-state index contributed by atoms with van der Waals surface area (Å²) in [6.45, 7) is 0. The van der Waals surface area contributed by atoms with Crippen LogP contribution in [0, 0.1) is 11.3 Å². The summed E-state index contributed by atoms with van der Waals surface area (Å²) in [4.78, 5) is 13.0. The van der Waals surface area contributed by atoms with Crippen LogP contribution in [-0.4, -0.2) is 12.9 Å². The molecule has 0 amide bonds. The number of methoxy groups -OCH3 is 1. The van der Waals surface area contributed by atoms with Crippen LogP contribution in [0.5, 0.6) is 5.75 Å². The highest BCUT2D eigenvalue weighted by molar-refractivity contribution is 7.10. The molecule has 0 saturated heterocycles. The molecule has 18 heavy (non-hydrogen) atoms. The lowest BCUT2D eigenvalue weighted by molar-refractivity contribution is 0.0980. The molecule has 0 aliphatic rings. The van der Waals surface area contributed by atoms with Crippen LogP contribution in [0.2, 0.25) is 0 Å². The molecule has 1 aromatic carbocycles. The van der Waals surface area contributed by atoms with Gasteiger partial charge in [-0.2, -0.15) is 5.26 Å². The van der Waals surface area contributed by atoms with Crippen LogP contribution < -0.4 is 4.74 Å². The number of hydrogen-bond donors (Lipinski definition) is 0. The number of thiophene rings is 1. The Morgan fingerprint density at radius 3 is 2.56 bits per heavy atom. The van der Waals surface area contributed by atoms with Crippen LogP contribution in [0.25, 0.3) is 0 Å². The van der Waals surface area contributed by atoms with Crippen molar-refractivity contribution in [1.29, 1.82) is 5.26 Å². The normalized spacial score (nSPS) is 11.6. The fraction of sp³-hybridized carbons (Fsp3) is 0.143. The van der Waals surface area contributed by atoms with E-state index in [-0.39, 0.29) is 5.78 Å². The minimum absolute atomic E-state index is 0.178. The zero-order valence-corrected chi connectivity index (χ0v) is 10.6. The molecule has 0 bridgehead atoms. The zero-order valence-electron chi connectivity index (χ0n) is 9.79. The van der Waals surface area contributed by atoms with E-state index in [0.717, 1.165) is 4.88 Å². The van der Waals surface area contributed by atoms with Gasteiger partial charge in [0, 0.05) is 10.4 Å². The van der Waals surface area contributed by atoms with E-state index in [0.29, 0.717) is 11.3 Å². The van der Waals surface area contributed by atoms with Gasteiger partial charge in [-0.1, -0.05) is 6.07 Å². The van der Waals surface area contributed by atoms with Crippen LogP contribution >= 0.6 is 11.3 Å². The molecule has 0 aliphatic heterocycles. The lowest BCUT2D eigenvalue weighted by Crippen LogP contribution is -2.09. The van der Waals surface area contributed by atoms with E-state index >= 15 is 0 Å². The Hall–Kier alpha value is -2.12. The van der Waals surface area contributed by atoms with E-state index in [1.165, 1.54) is 11.3 Å². The van der Waals surface area contributed by atoms with Crippen molar-refractivity contribution in [3.63, 3.8) is 0 Å². The summed E-state index contributed by atoms with van der Waals surface area (Å²) >= 11 is 1.42. The third-order valence-electron chi connectivity index (χ3n) is 2.59. The van der Waals surface area contributed by atoms with Gasteiger partial charge in [0.05, 0.1) is 13.2 Å². The van der Waals surface area contributed by atoms with Gasteiger partial charge in [-0.15, -0.1) is 11.3 Å². The molecule has 0 N–H and O–H groups in total. The second-order valence-corrected chi connectivity index (χ2v) is 4.65. The van der Waals surface area contributed by atoms with Gasteiger partial charge in [-0.05, 0) is 35.7 Å². The fourth-order valence-corrected chi connectivity index (χ4v) is 2.40. The molecule has 0 radical (unpaired) electrons. The predicted octanol–water partition coefficient (Wildman–Crippen LogP) is 3.25. The molecule has 2 rings (SSSR count). The summed E-state index contributed by atoms with van der Waals surface area (Å²) in [5, 5.41) is 11.0. The molecule has 3 nitrogen and oxygen atoms in total. The lowest BCUT2D eigenvalue weighted by Gasteiger charge is -2.06. The van der Waals surface area contributed by atoms with E-state index in [1.54, 1.807) is 37.4 Å². The number of Topliss-reactive ketones (excluding diaryl/α,β-unsaturated/α-hetero) is 1. The summed E-state index contributed by atoms with van der Waals surface area (Å²) < 4.78 is 5.03. The maximum atomic E-state index is 12.2. The van der Waals surface area contributed by atoms with Gasteiger partial charge in [-0.25, -0.2) is 0 Å². The molecular formula is C14H11NO2S. The summed E-state index contributed by atoms with van der Waals surface area (Å²) in [6, 6.07) is 12.5. The van der Waals surface area contributed by atoms with Gasteiger partial charge in [-0.3, -0.25) is 4.79 Å². The Kier molecular flexibility index (Phi) is 3.75. The van der Waals surface area contributed by atoms with E-state index < -0.39 is 5.92 Å². The summed E-state index contributed by atoms with van der Waals surface area (Å²) in [5.74, 6) is -0.211. The van der Waals surface area contributed by atoms with E-state index in [9.17, 15) is 4.79 Å². The number of hydrogen-bond acceptors (Lipinski definition) is 4. The number of rotatable bonds is 4. The van der Waals surface area contributed by atoms with Crippen LogP contribution in [0.4, 0.5) is 0 Å². The van der Waals surface area contributed by atoms with Crippen molar-refractivity contribution >= 4 is 17.1 Å². The van der Waals surface area contributed by atoms with Crippen molar-refractivity contribution in [2.75, 3.05) is 7.11 Å². The number of carbonyl (C=O) groups excluding carboxylic acids is 1. The van der Waals surface area contributed by atoms with Crippen molar-refractivity contribution in [1.82, 2.24) is 0 Å². The molecule has 0 spiro atoms. The number of benzene rings is 1. The molecule has 1 unspecified atom stereocenters. The predicted molar refractivity (Wildman–Crippen MR) is 70.0 cm³/mol. The number of nitriles is 1. The second-order valence-electron chi connectivity index (χ2n) is 3.67. The van der Waals surface area contributed by atoms with Gasteiger partial charge < -0.3 is 4.74 Å². The largest absolute Gasteiger partial charge is 0.497 e. The maximum Gasteiger partial charge on any atom is 0.185 e. The monoisotopic (exact) mass is 257 g/mol. The SMILES string of the molecule is COc1ccc(C(=O)C(C#N)c2cccs2)cc1. The van der Waals surface area contributed by atoms with Crippen molar-refractivity contribution < 1.29 is 9.53 Å². The molecule has 0 aliphatic carbocycles. The third-order valence-corrected chi connectivity index (χ3v) is 3.53. The molecule has 1 aromatic heterocycles. The summed E-state index contributed by atoms with van der Waals surface area (Å²) in [7, 11) is 1.57. The Morgan fingerprint density at radius 2 is 2.06 bits per heavy atom. The first-order valence-electron chi connectivity index (χ1n) is 5.37. The number of ether oxygens (including phenoxy) is 1. The van der Waals surface area contributed by atoms with Crippen molar-refractivity contribution in [2.45, 2.75) is 5.92 Å². The quantitative estimate of drug-likeness (QED) is 0.790. The first-order chi connectivity index (χ1) is 8.76. The first-order valence-corrected chi connectivity index (χ1v) is 6.25. The van der Waals surface area contributed by atoms with Gasteiger partial charge in [0.25, 0.3) is 0 Å². The lowest BCUT2D eigenvalue weighted by atomic mass is 9.97. The van der Waals surface area contributed by atoms with E-state index in [4.69, 9.17) is 10.00 Å². The molecule has 4 heteroatoms. The molecule has 1 heterocycles. The maximum absolute atomic E-state index is 12.2. The van der Waals surface area contributed by atoms with E-state index in [1.807, 2.05) is 11.4 Å². The highest BCUT2D eigenvalue weighted by atomic mass is 32.1. The van der Waals surface area contributed by atoms with Crippen LogP contribution in [0.15, 0.2) is 41.8 Å². The number of carbonyl (C=O) groups is 1. The van der Waals surface area contributed by atoms with Gasteiger partial charge in [0.2, 0.25) is 0 Å². The first kappa shape index (κ1) is 12.3. The van der Waals surface area contributed by atoms with Crippen LogP contribution in [0.1, 0.15) is 21.2 Å². The topological polar surface area (TPSA) is 50.1 Å². The van der Waals surface area contributed by atoms with Gasteiger partial charge in [0.15, 0.2) is 5.78 Å². The Morgan fingerprint density at radius 1 is 1.33 bits per heavy atom. The summed E-state index contributed by atoms with van der Waals surface area (Å²) in [5.41, 5.74) is 0.524. The van der Waals surface area contributed by atoms with Gasteiger partial charge >= 0.3 is 0 Å². The van der Waals surface area contributed by atoms with Crippen molar-refractivity contribution in [3.05, 3.63) is 52.2 Å². The molecule has 0 fully saturated rings. The van der Waals surface area contributed by atoms with Crippen LogP contribution in [0.3, 0.4) is 0 Å². The van der Waals surface area contributed by atoms with Gasteiger partial charge in [0.1, 0.15) is 11.7 Å². The third kappa shape index (κ3) is 2.41. The molecule has 0 saturated carbocycles. The Balaban J connectivity index is 2.27. The smallest absolute Gasteiger partial charge is 0.185 e. The zero-order chi connectivity index (χ0) is 13.0. The van der Waals surface area contributed by atoms with Crippen molar-refractivity contribution in [3.8, 4) is 11.8 Å². The highest BCUT2D eigenvalue weighted by Crippen LogP contribution is 2.25. The fourth-order valence-electron chi connectivity index (χ4n) is 1.63.